The molecule has 0 atom stereocenters. The van der Waals surface area contributed by atoms with Crippen molar-refractivity contribution in [3.63, 3.8) is 0 Å². The van der Waals surface area contributed by atoms with Crippen molar-refractivity contribution in [3.8, 4) is 5.88 Å². The van der Waals surface area contributed by atoms with Crippen LogP contribution in [0.5, 0.6) is 5.88 Å². The number of carbonyl (C=O) groups excluding carboxylic acids is 1. The second kappa shape index (κ2) is 5.62. The van der Waals surface area contributed by atoms with Crippen LogP contribution in [0.25, 0.3) is 0 Å². The Labute approximate surface area is 113 Å². The highest BCUT2D eigenvalue weighted by Crippen LogP contribution is 2.16. The summed E-state index contributed by atoms with van der Waals surface area (Å²) in [7, 11) is 1.41. The molecule has 0 bridgehead atoms. The van der Waals surface area contributed by atoms with Crippen molar-refractivity contribution in [2.24, 2.45) is 0 Å². The number of benzene rings is 1. The molecule has 1 aromatic heterocycles. The summed E-state index contributed by atoms with van der Waals surface area (Å²) in [5.41, 5.74) is 0.155. The average molecular weight is 282 g/mol. The van der Waals surface area contributed by atoms with Crippen molar-refractivity contribution in [3.05, 3.63) is 46.9 Å². The first kappa shape index (κ1) is 13.2. The van der Waals surface area contributed by atoms with Gasteiger partial charge in [0.15, 0.2) is 0 Å². The lowest BCUT2D eigenvalue weighted by atomic mass is 10.2. The number of anilines is 1. The van der Waals surface area contributed by atoms with E-state index >= 15 is 0 Å². The Bertz CT molecular complexity index is 622. The van der Waals surface area contributed by atoms with Gasteiger partial charge in [-0.05, 0) is 18.2 Å². The van der Waals surface area contributed by atoms with Gasteiger partial charge in [-0.1, -0.05) is 17.7 Å². The molecule has 0 saturated heterocycles. The highest BCUT2D eigenvalue weighted by molar-refractivity contribution is 6.29. The Morgan fingerprint density at radius 3 is 2.84 bits per heavy atom. The van der Waals surface area contributed by atoms with Gasteiger partial charge in [-0.15, -0.1) is 0 Å². The van der Waals surface area contributed by atoms with E-state index in [1.807, 2.05) is 0 Å². The number of amides is 1. The first-order valence-corrected chi connectivity index (χ1v) is 5.62. The van der Waals surface area contributed by atoms with Crippen LogP contribution in [0.2, 0.25) is 5.15 Å². The van der Waals surface area contributed by atoms with E-state index in [2.05, 4.69) is 15.3 Å². The minimum absolute atomic E-state index is 0.0152. The summed E-state index contributed by atoms with van der Waals surface area (Å²) in [6.07, 6.45) is 0. The Balaban J connectivity index is 2.21. The topological polar surface area (TPSA) is 64.1 Å². The Morgan fingerprint density at radius 1 is 1.37 bits per heavy atom. The van der Waals surface area contributed by atoms with Gasteiger partial charge < -0.3 is 4.74 Å². The fourth-order valence-corrected chi connectivity index (χ4v) is 1.53. The zero-order chi connectivity index (χ0) is 13.8. The fraction of sp³-hybridized carbons (Fsp3) is 0.0833. The minimum Gasteiger partial charge on any atom is -0.481 e. The first-order chi connectivity index (χ1) is 9.08. The molecule has 2 rings (SSSR count). The number of ether oxygens (including phenoxy) is 1. The van der Waals surface area contributed by atoms with Gasteiger partial charge >= 0.3 is 0 Å². The van der Waals surface area contributed by atoms with Gasteiger partial charge in [0.1, 0.15) is 11.0 Å². The van der Waals surface area contributed by atoms with Crippen LogP contribution in [-0.4, -0.2) is 23.0 Å². The van der Waals surface area contributed by atoms with Gasteiger partial charge in [-0.25, -0.2) is 9.37 Å². The number of methoxy groups -OCH3 is 1. The smallest absolute Gasteiger partial charge is 0.258 e. The van der Waals surface area contributed by atoms with Crippen molar-refractivity contribution < 1.29 is 13.9 Å². The van der Waals surface area contributed by atoms with E-state index in [0.29, 0.717) is 0 Å². The predicted octanol–water partition coefficient (Wildman–Crippen LogP) is 2.53. The van der Waals surface area contributed by atoms with Crippen molar-refractivity contribution >= 4 is 23.5 Å². The van der Waals surface area contributed by atoms with Crippen LogP contribution in [0.15, 0.2) is 30.3 Å². The van der Waals surface area contributed by atoms with Crippen LogP contribution in [0.4, 0.5) is 10.3 Å². The molecule has 0 aliphatic rings. The summed E-state index contributed by atoms with van der Waals surface area (Å²) in [5.74, 6) is -0.839. The number of nitrogens with one attached hydrogen (secondary N) is 1. The van der Waals surface area contributed by atoms with Crippen LogP contribution in [0, 0.1) is 5.82 Å². The molecule has 0 spiro atoms. The van der Waals surface area contributed by atoms with Crippen molar-refractivity contribution in [2.45, 2.75) is 0 Å². The Morgan fingerprint density at radius 2 is 2.16 bits per heavy atom. The molecule has 0 aliphatic heterocycles. The first-order valence-electron chi connectivity index (χ1n) is 5.24. The van der Waals surface area contributed by atoms with Crippen LogP contribution in [0.1, 0.15) is 10.4 Å². The fourth-order valence-electron chi connectivity index (χ4n) is 1.36. The minimum atomic E-state index is -0.538. The lowest BCUT2D eigenvalue weighted by Crippen LogP contribution is -2.14. The van der Waals surface area contributed by atoms with Crippen LogP contribution >= 0.6 is 11.6 Å². The molecule has 0 fully saturated rings. The lowest BCUT2D eigenvalue weighted by molar-refractivity contribution is 0.102. The number of nitrogens with zero attached hydrogens (tertiary/aromatic N) is 2. The summed E-state index contributed by atoms with van der Waals surface area (Å²) in [4.78, 5) is 19.6. The zero-order valence-corrected chi connectivity index (χ0v) is 10.6. The summed E-state index contributed by atoms with van der Waals surface area (Å²) in [6.45, 7) is 0. The third-order valence-corrected chi connectivity index (χ3v) is 2.39. The second-order valence-corrected chi connectivity index (χ2v) is 3.91. The van der Waals surface area contributed by atoms with Crippen LogP contribution in [-0.2, 0) is 0 Å². The molecule has 0 aliphatic carbocycles. The third kappa shape index (κ3) is 3.38. The second-order valence-electron chi connectivity index (χ2n) is 3.52. The quantitative estimate of drug-likeness (QED) is 0.878. The molecular formula is C12H9ClFN3O2. The SMILES string of the molecule is COc1cc(Cl)nc(NC(=O)c2cccc(F)c2)n1. The molecule has 0 radical (unpaired) electrons. The molecule has 1 heterocycles. The summed E-state index contributed by atoms with van der Waals surface area (Å²) < 4.78 is 17.9. The molecule has 1 N–H and O–H groups in total. The molecule has 7 heteroatoms. The number of aromatic nitrogens is 2. The maximum atomic E-state index is 13.0. The molecule has 2 aromatic rings. The number of halogens is 2. The van der Waals surface area contributed by atoms with Gasteiger partial charge in [-0.3, -0.25) is 10.1 Å². The average Bonchev–Trinajstić information content (AvgIpc) is 2.38. The molecule has 0 saturated carbocycles. The third-order valence-electron chi connectivity index (χ3n) is 2.19. The van der Waals surface area contributed by atoms with E-state index in [-0.39, 0.29) is 22.5 Å². The largest absolute Gasteiger partial charge is 0.481 e. The van der Waals surface area contributed by atoms with Gasteiger partial charge in [-0.2, -0.15) is 4.98 Å². The monoisotopic (exact) mass is 281 g/mol. The van der Waals surface area contributed by atoms with E-state index in [0.717, 1.165) is 6.07 Å². The molecular weight excluding hydrogens is 273 g/mol. The van der Waals surface area contributed by atoms with Gasteiger partial charge in [0.2, 0.25) is 11.8 Å². The van der Waals surface area contributed by atoms with Gasteiger partial charge in [0.25, 0.3) is 5.91 Å². The molecule has 98 valence electrons. The number of hydrogen-bond donors (Lipinski definition) is 1. The molecule has 5 nitrogen and oxygen atoms in total. The lowest BCUT2D eigenvalue weighted by Gasteiger charge is -2.06. The van der Waals surface area contributed by atoms with Crippen molar-refractivity contribution in [2.75, 3.05) is 12.4 Å². The standard InChI is InChI=1S/C12H9ClFN3O2/c1-19-10-6-9(13)15-12(16-10)17-11(18)7-3-2-4-8(14)5-7/h2-6H,1H3,(H,15,16,17,18). The van der Waals surface area contributed by atoms with Gasteiger partial charge in [0, 0.05) is 11.6 Å². The normalized spacial score (nSPS) is 10.1. The van der Waals surface area contributed by atoms with E-state index in [9.17, 15) is 9.18 Å². The zero-order valence-electron chi connectivity index (χ0n) is 9.85. The molecule has 1 amide bonds. The highest BCUT2D eigenvalue weighted by atomic mass is 35.5. The van der Waals surface area contributed by atoms with E-state index in [4.69, 9.17) is 16.3 Å². The van der Waals surface area contributed by atoms with Crippen LogP contribution < -0.4 is 10.1 Å². The maximum Gasteiger partial charge on any atom is 0.258 e. The van der Waals surface area contributed by atoms with Gasteiger partial charge in [0.05, 0.1) is 7.11 Å². The van der Waals surface area contributed by atoms with Crippen LogP contribution in [0.3, 0.4) is 0 Å². The Kier molecular flexibility index (Phi) is 3.91. The number of hydrogen-bond acceptors (Lipinski definition) is 4. The van der Waals surface area contributed by atoms with E-state index < -0.39 is 11.7 Å². The Hall–Kier alpha value is -2.21. The number of rotatable bonds is 3. The van der Waals surface area contributed by atoms with E-state index in [1.54, 1.807) is 0 Å². The summed E-state index contributed by atoms with van der Waals surface area (Å²) in [6, 6.07) is 6.66. The molecule has 19 heavy (non-hydrogen) atoms. The number of carbonyl (C=O) groups is 1. The highest BCUT2D eigenvalue weighted by Gasteiger charge is 2.10. The molecule has 0 unspecified atom stereocenters. The van der Waals surface area contributed by atoms with Crippen molar-refractivity contribution in [1.82, 2.24) is 9.97 Å². The maximum absolute atomic E-state index is 13.0. The van der Waals surface area contributed by atoms with E-state index in [1.165, 1.54) is 31.4 Å². The molecule has 1 aromatic carbocycles. The predicted molar refractivity (Wildman–Crippen MR) is 67.9 cm³/mol. The summed E-state index contributed by atoms with van der Waals surface area (Å²) in [5, 5.41) is 2.53. The summed E-state index contributed by atoms with van der Waals surface area (Å²) >= 11 is 5.74. The van der Waals surface area contributed by atoms with Crippen molar-refractivity contribution in [1.29, 1.82) is 0 Å².